The molecule has 0 saturated carbocycles. The van der Waals surface area contributed by atoms with Crippen molar-refractivity contribution in [2.24, 2.45) is 0 Å². The number of ether oxygens (including phenoxy) is 1. The van der Waals surface area contributed by atoms with E-state index in [0.717, 1.165) is 10.5 Å². The number of aliphatic hydroxyl groups is 1. The third-order valence-electron chi connectivity index (χ3n) is 4.03. The van der Waals surface area contributed by atoms with Crippen molar-refractivity contribution in [2.45, 2.75) is 25.2 Å². The van der Waals surface area contributed by atoms with Gasteiger partial charge in [-0.2, -0.15) is 4.68 Å². The van der Waals surface area contributed by atoms with Gasteiger partial charge in [-0.1, -0.05) is 11.6 Å². The number of hydrogen-bond donors (Lipinski definition) is 2. The number of halogens is 1. The van der Waals surface area contributed by atoms with E-state index in [-0.39, 0.29) is 10.8 Å². The van der Waals surface area contributed by atoms with Crippen LogP contribution in [0.5, 0.6) is 0 Å². The van der Waals surface area contributed by atoms with Crippen molar-refractivity contribution in [3.63, 3.8) is 0 Å². The van der Waals surface area contributed by atoms with E-state index in [2.05, 4.69) is 5.10 Å². The number of methoxy groups -OCH3 is 1. The Bertz CT molecular complexity index is 789. The standard InChI is InChI=1S/C15H16ClN3O4S/c1-22-14(21)12-6-11(20)7-18(12)8-19-15(24)23-13(17-19)9-2-4-10(16)5-3-9/h2-5,11-12,20H,6-8H2,1H3/p+1/t11-,12-/m0/s1. The molecule has 0 aliphatic carbocycles. The maximum Gasteiger partial charge on any atom is 0.364 e. The topological polar surface area (TPSA) is 81.9 Å². The number of esters is 1. The Morgan fingerprint density at radius 1 is 1.54 bits per heavy atom. The number of benzene rings is 1. The number of carbonyl (C=O) groups is 1. The quantitative estimate of drug-likeness (QED) is 0.608. The number of quaternary nitrogens is 1. The first-order valence-electron chi connectivity index (χ1n) is 7.42. The van der Waals surface area contributed by atoms with Crippen LogP contribution in [-0.2, 0) is 16.2 Å². The van der Waals surface area contributed by atoms with Crippen LogP contribution in [0.15, 0.2) is 28.7 Å². The molecule has 1 aromatic heterocycles. The third kappa shape index (κ3) is 3.51. The van der Waals surface area contributed by atoms with Crippen molar-refractivity contribution in [3.8, 4) is 11.5 Å². The van der Waals surface area contributed by atoms with E-state index in [4.69, 9.17) is 33.0 Å². The van der Waals surface area contributed by atoms with Gasteiger partial charge in [-0.25, -0.2) is 4.79 Å². The number of likely N-dealkylation sites (tertiary alicyclic amines) is 1. The average Bonchev–Trinajstić information content (AvgIpc) is 3.11. The molecule has 2 heterocycles. The Kier molecular flexibility index (Phi) is 5.00. The molecule has 1 aliphatic rings. The lowest BCUT2D eigenvalue weighted by molar-refractivity contribution is -0.928. The van der Waals surface area contributed by atoms with Crippen LogP contribution < -0.4 is 4.90 Å². The highest BCUT2D eigenvalue weighted by atomic mass is 35.5. The largest absolute Gasteiger partial charge is 0.465 e. The van der Waals surface area contributed by atoms with Crippen molar-refractivity contribution in [2.75, 3.05) is 13.7 Å². The lowest BCUT2D eigenvalue weighted by Crippen LogP contribution is -3.14. The Morgan fingerprint density at radius 3 is 2.92 bits per heavy atom. The molecule has 128 valence electrons. The van der Waals surface area contributed by atoms with Crippen molar-refractivity contribution >= 4 is 29.8 Å². The Balaban J connectivity index is 1.81. The second kappa shape index (κ2) is 7.02. The summed E-state index contributed by atoms with van der Waals surface area (Å²) >= 11 is 11.1. The highest BCUT2D eigenvalue weighted by molar-refractivity contribution is 7.71. The SMILES string of the molecule is COC(=O)[C@@H]1C[C@H](O)C[NH+]1Cn1nc(-c2ccc(Cl)cc2)oc1=S. The number of nitrogens with one attached hydrogen (secondary N) is 1. The van der Waals surface area contributed by atoms with Crippen LogP contribution in [0, 0.1) is 4.84 Å². The van der Waals surface area contributed by atoms with E-state index < -0.39 is 12.1 Å². The summed E-state index contributed by atoms with van der Waals surface area (Å²) in [4.78, 5) is 12.9. The molecule has 1 fully saturated rings. The Hall–Kier alpha value is -1.74. The monoisotopic (exact) mass is 370 g/mol. The molecule has 3 atom stereocenters. The minimum atomic E-state index is -0.555. The van der Waals surface area contributed by atoms with Gasteiger partial charge in [-0.3, -0.25) is 0 Å². The lowest BCUT2D eigenvalue weighted by atomic mass is 10.2. The van der Waals surface area contributed by atoms with E-state index in [9.17, 15) is 9.90 Å². The maximum atomic E-state index is 11.9. The maximum absolute atomic E-state index is 11.9. The van der Waals surface area contributed by atoms with Gasteiger partial charge in [0.25, 0.3) is 4.84 Å². The molecular weight excluding hydrogens is 354 g/mol. The molecule has 0 bridgehead atoms. The van der Waals surface area contributed by atoms with E-state index in [0.29, 0.717) is 30.5 Å². The van der Waals surface area contributed by atoms with Gasteiger partial charge < -0.3 is 19.2 Å². The average molecular weight is 371 g/mol. The minimum Gasteiger partial charge on any atom is -0.465 e. The third-order valence-corrected chi connectivity index (χ3v) is 4.58. The number of aromatic nitrogens is 2. The van der Waals surface area contributed by atoms with Crippen LogP contribution in [0.3, 0.4) is 0 Å². The summed E-state index contributed by atoms with van der Waals surface area (Å²) in [6.45, 7) is 0.734. The summed E-state index contributed by atoms with van der Waals surface area (Å²) in [5, 5.41) is 14.8. The summed E-state index contributed by atoms with van der Waals surface area (Å²) in [6.07, 6.45) is -0.196. The zero-order chi connectivity index (χ0) is 17.3. The smallest absolute Gasteiger partial charge is 0.364 e. The Morgan fingerprint density at radius 2 is 2.25 bits per heavy atom. The van der Waals surface area contributed by atoms with Crippen LogP contribution in [0.2, 0.25) is 5.02 Å². The molecule has 9 heteroatoms. The minimum absolute atomic E-state index is 0.206. The zero-order valence-corrected chi connectivity index (χ0v) is 14.5. The fourth-order valence-electron chi connectivity index (χ4n) is 2.85. The first-order chi connectivity index (χ1) is 11.5. The van der Waals surface area contributed by atoms with Gasteiger partial charge in [0, 0.05) is 17.0 Å². The van der Waals surface area contributed by atoms with Crippen LogP contribution in [-0.4, -0.2) is 46.7 Å². The predicted octanol–water partition coefficient (Wildman–Crippen LogP) is 0.675. The van der Waals surface area contributed by atoms with Crippen LogP contribution in [0.25, 0.3) is 11.5 Å². The zero-order valence-electron chi connectivity index (χ0n) is 12.9. The van der Waals surface area contributed by atoms with Crippen molar-refractivity contribution in [1.82, 2.24) is 9.78 Å². The Labute approximate surface area is 148 Å². The predicted molar refractivity (Wildman–Crippen MR) is 88.0 cm³/mol. The summed E-state index contributed by atoms with van der Waals surface area (Å²) in [7, 11) is 1.34. The summed E-state index contributed by atoms with van der Waals surface area (Å²) in [5.74, 6) is 0.0277. The molecule has 0 spiro atoms. The molecule has 0 radical (unpaired) electrons. The molecule has 24 heavy (non-hydrogen) atoms. The molecule has 1 aromatic carbocycles. The van der Waals surface area contributed by atoms with Gasteiger partial charge in [-0.15, -0.1) is 5.10 Å². The van der Waals surface area contributed by atoms with Crippen LogP contribution >= 0.6 is 23.8 Å². The van der Waals surface area contributed by atoms with E-state index >= 15 is 0 Å². The highest BCUT2D eigenvalue weighted by Crippen LogP contribution is 2.20. The van der Waals surface area contributed by atoms with Crippen LogP contribution in [0.1, 0.15) is 6.42 Å². The van der Waals surface area contributed by atoms with Gasteiger partial charge in [0.2, 0.25) is 5.89 Å². The normalized spacial score (nSPS) is 23.4. The molecule has 2 aromatic rings. The van der Waals surface area contributed by atoms with Crippen molar-refractivity contribution in [3.05, 3.63) is 34.1 Å². The van der Waals surface area contributed by atoms with Gasteiger partial charge in [0.05, 0.1) is 7.11 Å². The van der Waals surface area contributed by atoms with Crippen LogP contribution in [0.4, 0.5) is 0 Å². The molecular formula is C15H17ClN3O4S+. The number of rotatable bonds is 4. The van der Waals surface area contributed by atoms with E-state index in [1.165, 1.54) is 11.8 Å². The van der Waals surface area contributed by atoms with Gasteiger partial charge in [-0.05, 0) is 36.5 Å². The van der Waals surface area contributed by atoms with Crippen molar-refractivity contribution in [1.29, 1.82) is 0 Å². The first-order valence-corrected chi connectivity index (χ1v) is 8.21. The number of carbonyl (C=O) groups excluding carboxylic acids is 1. The van der Waals surface area contributed by atoms with Crippen molar-refractivity contribution < 1.29 is 24.0 Å². The number of aliphatic hydroxyl groups excluding tert-OH is 1. The molecule has 1 saturated heterocycles. The second-order valence-electron chi connectivity index (χ2n) is 5.67. The van der Waals surface area contributed by atoms with E-state index in [1.54, 1.807) is 24.3 Å². The molecule has 3 rings (SSSR count). The van der Waals surface area contributed by atoms with Gasteiger partial charge >= 0.3 is 5.97 Å². The lowest BCUT2D eigenvalue weighted by Gasteiger charge is -2.18. The molecule has 2 N–H and O–H groups in total. The number of hydrogen-bond acceptors (Lipinski definition) is 6. The highest BCUT2D eigenvalue weighted by Gasteiger charge is 2.41. The second-order valence-corrected chi connectivity index (χ2v) is 6.45. The molecule has 0 amide bonds. The summed E-state index contributed by atoms with van der Waals surface area (Å²) in [6, 6.07) is 6.62. The fraction of sp³-hybridized carbons (Fsp3) is 0.400. The first kappa shape index (κ1) is 17.1. The van der Waals surface area contributed by atoms with E-state index in [1.807, 2.05) is 0 Å². The molecule has 1 unspecified atom stereocenters. The van der Waals surface area contributed by atoms with Gasteiger partial charge in [0.15, 0.2) is 12.7 Å². The molecule has 7 nitrogen and oxygen atoms in total. The van der Waals surface area contributed by atoms with Gasteiger partial charge in [0.1, 0.15) is 12.6 Å². The fourth-order valence-corrected chi connectivity index (χ4v) is 3.16. The molecule has 1 aliphatic heterocycles. The number of nitrogens with zero attached hydrogens (tertiary/aromatic N) is 2. The summed E-state index contributed by atoms with van der Waals surface area (Å²) < 4.78 is 11.9. The summed E-state index contributed by atoms with van der Waals surface area (Å²) in [5.41, 5.74) is 0.755.